The number of carbonyl (C=O) groups is 1. The second kappa shape index (κ2) is 6.02. The minimum absolute atomic E-state index is 0.164. The number of nitrogens with one attached hydrogen (secondary N) is 1. The largest absolute Gasteiger partial charge is 0.468 e. The quantitative estimate of drug-likeness (QED) is 0.701. The van der Waals surface area contributed by atoms with E-state index < -0.39 is 0 Å². The zero-order valence-corrected chi connectivity index (χ0v) is 9.21. The second-order valence-electron chi connectivity index (χ2n) is 4.08. The minimum Gasteiger partial charge on any atom is -0.468 e. The molecule has 1 fully saturated rings. The lowest BCUT2D eigenvalue weighted by molar-refractivity contribution is -0.139. The van der Waals surface area contributed by atoms with E-state index in [0.29, 0.717) is 12.6 Å². The van der Waals surface area contributed by atoms with Crippen LogP contribution in [0.15, 0.2) is 0 Å². The first-order chi connectivity index (χ1) is 6.76. The van der Waals surface area contributed by atoms with Crippen molar-refractivity contribution in [3.05, 3.63) is 0 Å². The van der Waals surface area contributed by atoms with E-state index in [1.807, 2.05) is 0 Å². The molecule has 0 aromatic heterocycles. The summed E-state index contributed by atoms with van der Waals surface area (Å²) in [5, 5.41) is 3.24. The molecule has 3 nitrogen and oxygen atoms in total. The van der Waals surface area contributed by atoms with E-state index in [1.165, 1.54) is 39.2 Å². The van der Waals surface area contributed by atoms with E-state index in [-0.39, 0.29) is 5.97 Å². The van der Waals surface area contributed by atoms with Gasteiger partial charge in [-0.3, -0.25) is 4.79 Å². The van der Waals surface area contributed by atoms with Crippen molar-refractivity contribution >= 4 is 5.97 Å². The molecule has 0 radical (unpaired) electrons. The Morgan fingerprint density at radius 2 is 2.00 bits per heavy atom. The van der Waals surface area contributed by atoms with Gasteiger partial charge in [0, 0.05) is 6.04 Å². The fourth-order valence-electron chi connectivity index (χ4n) is 2.07. The van der Waals surface area contributed by atoms with Crippen LogP contribution in [-0.4, -0.2) is 25.7 Å². The van der Waals surface area contributed by atoms with Gasteiger partial charge in [-0.1, -0.05) is 13.3 Å². The zero-order valence-electron chi connectivity index (χ0n) is 9.21. The lowest BCUT2D eigenvalue weighted by Gasteiger charge is -2.28. The molecule has 1 saturated carbocycles. The first-order valence-electron chi connectivity index (χ1n) is 5.56. The highest BCUT2D eigenvalue weighted by Gasteiger charge is 2.19. The Morgan fingerprint density at radius 1 is 1.36 bits per heavy atom. The summed E-state index contributed by atoms with van der Waals surface area (Å²) in [4.78, 5) is 10.9. The Balaban J connectivity index is 2.13. The van der Waals surface area contributed by atoms with Crippen LogP contribution in [-0.2, 0) is 9.53 Å². The van der Waals surface area contributed by atoms with E-state index in [0.717, 1.165) is 5.92 Å². The molecule has 0 bridgehead atoms. The van der Waals surface area contributed by atoms with Gasteiger partial charge < -0.3 is 10.1 Å². The molecule has 3 heteroatoms. The van der Waals surface area contributed by atoms with Crippen LogP contribution in [0, 0.1) is 5.92 Å². The number of methoxy groups -OCH3 is 1. The standard InChI is InChI=1S/C11H21NO2/c1-3-9-4-6-10(7-5-9)12-8-11(13)14-2/h9-10,12H,3-8H2,1-2H3. The van der Waals surface area contributed by atoms with Gasteiger partial charge in [-0.25, -0.2) is 0 Å². The molecular formula is C11H21NO2. The van der Waals surface area contributed by atoms with Crippen molar-refractivity contribution in [3.8, 4) is 0 Å². The molecule has 1 N–H and O–H groups in total. The number of hydrogen-bond acceptors (Lipinski definition) is 3. The lowest BCUT2D eigenvalue weighted by atomic mass is 9.84. The zero-order chi connectivity index (χ0) is 10.4. The molecule has 1 aliphatic carbocycles. The fraction of sp³-hybridized carbons (Fsp3) is 0.909. The van der Waals surface area contributed by atoms with Crippen LogP contribution in [0.4, 0.5) is 0 Å². The highest BCUT2D eigenvalue weighted by molar-refractivity contribution is 5.71. The van der Waals surface area contributed by atoms with E-state index in [2.05, 4.69) is 17.0 Å². The minimum atomic E-state index is -0.164. The fourth-order valence-corrected chi connectivity index (χ4v) is 2.07. The van der Waals surface area contributed by atoms with Gasteiger partial charge in [-0.2, -0.15) is 0 Å². The molecule has 0 aliphatic heterocycles. The van der Waals surface area contributed by atoms with Crippen molar-refractivity contribution in [1.82, 2.24) is 5.32 Å². The van der Waals surface area contributed by atoms with Gasteiger partial charge in [0.2, 0.25) is 0 Å². The van der Waals surface area contributed by atoms with E-state index >= 15 is 0 Å². The molecule has 0 aromatic rings. The van der Waals surface area contributed by atoms with Gasteiger partial charge in [0.25, 0.3) is 0 Å². The second-order valence-corrected chi connectivity index (χ2v) is 4.08. The maximum atomic E-state index is 10.9. The number of hydrogen-bond donors (Lipinski definition) is 1. The third-order valence-electron chi connectivity index (χ3n) is 3.19. The lowest BCUT2D eigenvalue weighted by Crippen LogP contribution is -2.36. The Labute approximate surface area is 86.2 Å². The Bertz CT molecular complexity index is 174. The van der Waals surface area contributed by atoms with E-state index in [4.69, 9.17) is 0 Å². The monoisotopic (exact) mass is 199 g/mol. The van der Waals surface area contributed by atoms with Gasteiger partial charge in [-0.05, 0) is 31.6 Å². The van der Waals surface area contributed by atoms with E-state index in [1.54, 1.807) is 0 Å². The van der Waals surface area contributed by atoms with Gasteiger partial charge in [-0.15, -0.1) is 0 Å². The van der Waals surface area contributed by atoms with Crippen LogP contribution in [0.1, 0.15) is 39.0 Å². The highest BCUT2D eigenvalue weighted by Crippen LogP contribution is 2.26. The molecule has 0 saturated heterocycles. The average Bonchev–Trinajstić information content (AvgIpc) is 2.26. The maximum absolute atomic E-state index is 10.9. The molecule has 1 aliphatic rings. The maximum Gasteiger partial charge on any atom is 0.319 e. The predicted molar refractivity (Wildman–Crippen MR) is 56.1 cm³/mol. The summed E-state index contributed by atoms with van der Waals surface area (Å²) >= 11 is 0. The van der Waals surface area contributed by atoms with Crippen LogP contribution in [0.25, 0.3) is 0 Å². The summed E-state index contributed by atoms with van der Waals surface area (Å²) in [7, 11) is 1.43. The van der Waals surface area contributed by atoms with Crippen molar-refractivity contribution in [2.45, 2.75) is 45.1 Å². The van der Waals surface area contributed by atoms with Crippen LogP contribution in [0.2, 0.25) is 0 Å². The molecule has 0 heterocycles. The van der Waals surface area contributed by atoms with E-state index in [9.17, 15) is 4.79 Å². The molecule has 14 heavy (non-hydrogen) atoms. The molecule has 0 aromatic carbocycles. The van der Waals surface area contributed by atoms with Crippen molar-refractivity contribution in [2.24, 2.45) is 5.92 Å². The first kappa shape index (κ1) is 11.5. The smallest absolute Gasteiger partial charge is 0.319 e. The SMILES string of the molecule is CCC1CCC(NCC(=O)OC)CC1. The number of rotatable bonds is 4. The van der Waals surface area contributed by atoms with Crippen LogP contribution in [0.3, 0.4) is 0 Å². The van der Waals surface area contributed by atoms with Gasteiger partial charge in [0.05, 0.1) is 13.7 Å². The molecule has 82 valence electrons. The topological polar surface area (TPSA) is 38.3 Å². The van der Waals surface area contributed by atoms with Crippen molar-refractivity contribution < 1.29 is 9.53 Å². The van der Waals surface area contributed by atoms with Crippen molar-refractivity contribution in [3.63, 3.8) is 0 Å². The number of esters is 1. The predicted octanol–water partition coefficient (Wildman–Crippen LogP) is 1.72. The Morgan fingerprint density at radius 3 is 2.50 bits per heavy atom. The Hall–Kier alpha value is -0.570. The summed E-state index contributed by atoms with van der Waals surface area (Å²) in [5.41, 5.74) is 0. The summed E-state index contributed by atoms with van der Waals surface area (Å²) in [6, 6.07) is 0.525. The molecule has 0 spiro atoms. The van der Waals surface area contributed by atoms with Crippen molar-refractivity contribution in [2.75, 3.05) is 13.7 Å². The summed E-state index contributed by atoms with van der Waals surface area (Å²) < 4.78 is 4.58. The number of carbonyl (C=O) groups excluding carboxylic acids is 1. The van der Waals surface area contributed by atoms with Gasteiger partial charge in [0.1, 0.15) is 0 Å². The normalized spacial score (nSPS) is 27.3. The summed E-state index contributed by atoms with van der Waals surface area (Å²) in [6.07, 6.45) is 6.30. The van der Waals surface area contributed by atoms with Gasteiger partial charge >= 0.3 is 5.97 Å². The van der Waals surface area contributed by atoms with Crippen LogP contribution in [0.5, 0.6) is 0 Å². The van der Waals surface area contributed by atoms with Crippen LogP contribution >= 0.6 is 0 Å². The van der Waals surface area contributed by atoms with Crippen LogP contribution < -0.4 is 5.32 Å². The third-order valence-corrected chi connectivity index (χ3v) is 3.19. The molecule has 0 amide bonds. The van der Waals surface area contributed by atoms with Crippen molar-refractivity contribution in [1.29, 1.82) is 0 Å². The Kier molecular flexibility index (Phi) is 4.94. The first-order valence-corrected chi connectivity index (χ1v) is 5.56. The summed E-state index contributed by atoms with van der Waals surface area (Å²) in [5.74, 6) is 0.744. The molecular weight excluding hydrogens is 178 g/mol. The third kappa shape index (κ3) is 3.66. The molecule has 0 atom stereocenters. The molecule has 0 unspecified atom stereocenters. The van der Waals surface area contributed by atoms with Gasteiger partial charge in [0.15, 0.2) is 0 Å². The number of ether oxygens (including phenoxy) is 1. The molecule has 1 rings (SSSR count). The summed E-state index contributed by atoms with van der Waals surface area (Å²) in [6.45, 7) is 2.62. The average molecular weight is 199 g/mol. The highest BCUT2D eigenvalue weighted by atomic mass is 16.5.